The number of carboxylic acids is 1. The van der Waals surface area contributed by atoms with Gasteiger partial charge in [-0.05, 0) is 39.8 Å². The van der Waals surface area contributed by atoms with Crippen LogP contribution >= 0.6 is 0 Å². The Kier molecular flexibility index (Phi) is 9.35. The van der Waals surface area contributed by atoms with Crippen LogP contribution in [0.2, 0.25) is 0 Å². The maximum absolute atomic E-state index is 12.8. The van der Waals surface area contributed by atoms with E-state index in [0.717, 1.165) is 33.9 Å². The number of benzene rings is 3. The summed E-state index contributed by atoms with van der Waals surface area (Å²) in [6, 6.07) is 23.9. The van der Waals surface area contributed by atoms with Gasteiger partial charge in [-0.3, -0.25) is 0 Å². The molecule has 1 aliphatic carbocycles. The van der Waals surface area contributed by atoms with Crippen molar-refractivity contribution in [2.75, 3.05) is 13.2 Å². The number of rotatable bonds is 11. The molecule has 0 saturated carbocycles. The molecule has 208 valence electrons. The van der Waals surface area contributed by atoms with Gasteiger partial charge in [-0.1, -0.05) is 92.7 Å². The Hall–Kier alpha value is -4.43. The minimum atomic E-state index is -1.33. The summed E-state index contributed by atoms with van der Waals surface area (Å²) in [6.07, 6.45) is -0.819. The highest BCUT2D eigenvalue weighted by Gasteiger charge is 2.31. The number of hydrogen-bond acceptors (Lipinski definition) is 6. The number of aliphatic hydroxyl groups excluding tert-OH is 1. The topological polar surface area (TPSA) is 122 Å². The number of aliphatic carboxylic acids is 1. The summed E-state index contributed by atoms with van der Waals surface area (Å²) in [5.74, 6) is -2.38. The maximum atomic E-state index is 12.8. The quantitative estimate of drug-likeness (QED) is 0.237. The molecule has 0 fully saturated rings. The number of carbonyl (C=O) groups is 3. The fraction of sp³-hybridized carbons (Fsp3) is 0.281. The second-order valence-electron chi connectivity index (χ2n) is 10.0. The molecule has 0 heterocycles. The number of amides is 1. The number of alkyl carbamates (subject to hydrolysis) is 1. The molecule has 0 saturated heterocycles. The van der Waals surface area contributed by atoms with E-state index >= 15 is 0 Å². The van der Waals surface area contributed by atoms with Crippen molar-refractivity contribution in [1.82, 2.24) is 5.32 Å². The number of carbonyl (C=O) groups excluding carboxylic acids is 2. The van der Waals surface area contributed by atoms with Crippen LogP contribution in [0.25, 0.3) is 11.1 Å². The van der Waals surface area contributed by atoms with Gasteiger partial charge in [-0.15, -0.1) is 0 Å². The van der Waals surface area contributed by atoms with Crippen LogP contribution in [-0.2, 0) is 25.5 Å². The standard InChI is InChI=1S/C32H33NO7/c1-20(2)29(31(37)39-18-23(34)17-22(30(35)36)16-21-10-4-3-5-11-21)33-32(38)40-19-28-26-14-8-6-12-24(26)25-13-7-9-15-27(25)28/h3-15,17,20,23,28-29,34H,16,18-19H2,1-2H3,(H,33,38)(H,35,36)/t23?,29-/m0/s1. The van der Waals surface area contributed by atoms with Gasteiger partial charge in [0.15, 0.2) is 0 Å². The first-order valence-corrected chi connectivity index (χ1v) is 13.2. The lowest BCUT2D eigenvalue weighted by atomic mass is 9.98. The highest BCUT2D eigenvalue weighted by Crippen LogP contribution is 2.44. The van der Waals surface area contributed by atoms with Crippen LogP contribution in [0.4, 0.5) is 4.79 Å². The molecule has 1 unspecified atom stereocenters. The van der Waals surface area contributed by atoms with E-state index in [-0.39, 0.29) is 30.4 Å². The van der Waals surface area contributed by atoms with Crippen LogP contribution in [0.3, 0.4) is 0 Å². The number of nitrogens with one attached hydrogen (secondary N) is 1. The fourth-order valence-electron chi connectivity index (χ4n) is 4.82. The zero-order valence-electron chi connectivity index (χ0n) is 22.4. The first-order chi connectivity index (χ1) is 19.2. The van der Waals surface area contributed by atoms with Crippen molar-refractivity contribution in [3.8, 4) is 11.1 Å². The van der Waals surface area contributed by atoms with Crippen LogP contribution in [0, 0.1) is 5.92 Å². The van der Waals surface area contributed by atoms with Crippen LogP contribution < -0.4 is 5.32 Å². The monoisotopic (exact) mass is 543 g/mol. The molecular formula is C32H33NO7. The third-order valence-electron chi connectivity index (χ3n) is 6.84. The molecule has 0 aromatic heterocycles. The average Bonchev–Trinajstić information content (AvgIpc) is 3.27. The Balaban J connectivity index is 1.33. The van der Waals surface area contributed by atoms with Crippen molar-refractivity contribution in [1.29, 1.82) is 0 Å². The summed E-state index contributed by atoms with van der Waals surface area (Å²) in [6.45, 7) is 3.13. The molecule has 8 heteroatoms. The van der Waals surface area contributed by atoms with E-state index in [4.69, 9.17) is 9.47 Å². The van der Waals surface area contributed by atoms with Crippen molar-refractivity contribution >= 4 is 18.0 Å². The average molecular weight is 544 g/mol. The van der Waals surface area contributed by atoms with Crippen LogP contribution in [0.15, 0.2) is 90.5 Å². The second kappa shape index (κ2) is 13.1. The van der Waals surface area contributed by atoms with Crippen LogP contribution in [-0.4, -0.2) is 53.6 Å². The largest absolute Gasteiger partial charge is 0.478 e. The zero-order valence-corrected chi connectivity index (χ0v) is 22.4. The van der Waals surface area contributed by atoms with Crippen LogP contribution in [0.1, 0.15) is 36.5 Å². The third kappa shape index (κ3) is 6.95. The van der Waals surface area contributed by atoms with Crippen molar-refractivity contribution in [2.24, 2.45) is 5.92 Å². The van der Waals surface area contributed by atoms with E-state index in [1.54, 1.807) is 38.1 Å². The van der Waals surface area contributed by atoms with E-state index < -0.39 is 36.8 Å². The number of carboxylic acid groups (broad SMARTS) is 1. The first kappa shape index (κ1) is 28.6. The van der Waals surface area contributed by atoms with Crippen LogP contribution in [0.5, 0.6) is 0 Å². The summed E-state index contributed by atoms with van der Waals surface area (Å²) in [5, 5.41) is 22.4. The van der Waals surface area contributed by atoms with Gasteiger partial charge in [0.1, 0.15) is 25.4 Å². The Morgan fingerprint density at radius 3 is 2.02 bits per heavy atom. The van der Waals surface area contributed by atoms with Gasteiger partial charge >= 0.3 is 18.0 Å². The molecule has 3 aromatic rings. The molecule has 4 rings (SSSR count). The molecule has 2 atom stereocenters. The van der Waals surface area contributed by atoms with Gasteiger partial charge in [-0.2, -0.15) is 0 Å². The highest BCUT2D eigenvalue weighted by atomic mass is 16.6. The Bertz CT molecular complexity index is 1340. The summed E-state index contributed by atoms with van der Waals surface area (Å²) in [4.78, 5) is 37.1. The van der Waals surface area contributed by atoms with Gasteiger partial charge in [0, 0.05) is 17.9 Å². The first-order valence-electron chi connectivity index (χ1n) is 13.2. The summed E-state index contributed by atoms with van der Waals surface area (Å²) >= 11 is 0. The lowest BCUT2D eigenvalue weighted by Gasteiger charge is -2.22. The van der Waals surface area contributed by atoms with E-state index in [0.29, 0.717) is 0 Å². The van der Waals surface area contributed by atoms with E-state index in [1.165, 1.54) is 0 Å². The fourth-order valence-corrected chi connectivity index (χ4v) is 4.82. The smallest absolute Gasteiger partial charge is 0.407 e. The van der Waals surface area contributed by atoms with Gasteiger partial charge in [0.05, 0.1) is 0 Å². The molecule has 40 heavy (non-hydrogen) atoms. The van der Waals surface area contributed by atoms with Crippen molar-refractivity contribution < 1.29 is 34.1 Å². The summed E-state index contributed by atoms with van der Waals surface area (Å²) in [5.41, 5.74) is 5.12. The molecule has 1 amide bonds. The third-order valence-corrected chi connectivity index (χ3v) is 6.84. The number of esters is 1. The Labute approximate surface area is 233 Å². The number of hydrogen-bond donors (Lipinski definition) is 3. The Morgan fingerprint density at radius 1 is 0.875 bits per heavy atom. The minimum absolute atomic E-state index is 0.0214. The molecule has 0 spiro atoms. The number of ether oxygens (including phenoxy) is 2. The zero-order chi connectivity index (χ0) is 28.6. The van der Waals surface area contributed by atoms with Gasteiger partial charge in [-0.25, -0.2) is 14.4 Å². The lowest BCUT2D eigenvalue weighted by molar-refractivity contribution is -0.149. The van der Waals surface area contributed by atoms with Gasteiger partial charge in [0.25, 0.3) is 0 Å². The molecular weight excluding hydrogens is 510 g/mol. The molecule has 0 aliphatic heterocycles. The molecule has 0 radical (unpaired) electrons. The molecule has 0 bridgehead atoms. The number of aliphatic hydroxyl groups is 1. The molecule has 3 aromatic carbocycles. The predicted octanol–water partition coefficient (Wildman–Crippen LogP) is 4.71. The normalized spacial score (nSPS) is 14.2. The van der Waals surface area contributed by atoms with Gasteiger partial charge in [0.2, 0.25) is 0 Å². The maximum Gasteiger partial charge on any atom is 0.407 e. The number of fused-ring (bicyclic) bond motifs is 3. The molecule has 3 N–H and O–H groups in total. The molecule has 1 aliphatic rings. The van der Waals surface area contributed by atoms with Crippen molar-refractivity contribution in [3.63, 3.8) is 0 Å². The van der Waals surface area contributed by atoms with Crippen molar-refractivity contribution in [3.05, 3.63) is 107 Å². The second-order valence-corrected chi connectivity index (χ2v) is 10.0. The Morgan fingerprint density at radius 2 is 1.45 bits per heavy atom. The SMILES string of the molecule is CC(C)[C@H](NC(=O)OCC1c2ccccc2-c2ccccc21)C(=O)OCC(O)C=C(Cc1ccccc1)C(=O)O. The van der Waals surface area contributed by atoms with Gasteiger partial charge < -0.3 is 25.0 Å². The highest BCUT2D eigenvalue weighted by molar-refractivity contribution is 5.87. The molecule has 8 nitrogen and oxygen atoms in total. The minimum Gasteiger partial charge on any atom is -0.478 e. The predicted molar refractivity (Wildman–Crippen MR) is 150 cm³/mol. The van der Waals surface area contributed by atoms with E-state index in [9.17, 15) is 24.6 Å². The lowest BCUT2D eigenvalue weighted by Crippen LogP contribution is -2.46. The van der Waals surface area contributed by atoms with Crippen molar-refractivity contribution in [2.45, 2.75) is 38.3 Å². The van der Waals surface area contributed by atoms with E-state index in [2.05, 4.69) is 5.32 Å². The summed E-state index contributed by atoms with van der Waals surface area (Å²) < 4.78 is 10.8. The van der Waals surface area contributed by atoms with E-state index in [1.807, 2.05) is 54.6 Å². The summed E-state index contributed by atoms with van der Waals surface area (Å²) in [7, 11) is 0.